The first-order chi connectivity index (χ1) is 12.9. The summed E-state index contributed by atoms with van der Waals surface area (Å²) in [4.78, 5) is 26.4. The lowest BCUT2D eigenvalue weighted by atomic mass is 9.92. The molecule has 1 N–H and O–H groups in total. The molecule has 0 spiro atoms. The Kier molecular flexibility index (Phi) is 5.36. The number of carbonyl (C=O) groups excluding carboxylic acids is 1. The number of hydrogen-bond acceptors (Lipinski definition) is 5. The van der Waals surface area contributed by atoms with Crippen molar-refractivity contribution < 1.29 is 28.6 Å². The lowest BCUT2D eigenvalue weighted by Gasteiger charge is -2.28. The van der Waals surface area contributed by atoms with E-state index >= 15 is 0 Å². The quantitative estimate of drug-likeness (QED) is 0.794. The normalized spacial score (nSPS) is 19.2. The van der Waals surface area contributed by atoms with Gasteiger partial charge in [-0.25, -0.2) is 4.39 Å². The summed E-state index contributed by atoms with van der Waals surface area (Å²) in [5.41, 5.74) is 1.00. The van der Waals surface area contributed by atoms with E-state index in [9.17, 15) is 19.1 Å². The first-order valence-electron chi connectivity index (χ1n) is 8.51. The SMILES string of the molecule is CCOc1ccc(C(=O)N2C(C)=C(CC(=O)O)C3=C(F)C(OC)=CCC32)s1. The lowest BCUT2D eigenvalue weighted by molar-refractivity contribution is -0.136. The summed E-state index contributed by atoms with van der Waals surface area (Å²) in [6.07, 6.45) is 1.57. The third kappa shape index (κ3) is 3.37. The van der Waals surface area contributed by atoms with E-state index in [-0.39, 0.29) is 23.7 Å². The standard InChI is InChI=1S/C19H20FNO5S/c1-4-26-16-8-7-14(27-16)19(24)21-10(2)11(9-15(22)23)17-12(21)5-6-13(25-3)18(17)20/h6-8,12H,4-5,9H2,1-3H3,(H,22,23). The van der Waals surface area contributed by atoms with Gasteiger partial charge in [-0.15, -0.1) is 0 Å². The summed E-state index contributed by atoms with van der Waals surface area (Å²) in [6, 6.07) is 2.80. The average molecular weight is 393 g/mol. The van der Waals surface area contributed by atoms with E-state index in [0.29, 0.717) is 34.2 Å². The molecule has 1 amide bonds. The summed E-state index contributed by atoms with van der Waals surface area (Å²) in [5, 5.41) is 9.88. The van der Waals surface area contributed by atoms with Crippen molar-refractivity contribution >= 4 is 23.2 Å². The molecule has 1 aromatic rings. The number of ether oxygens (including phenoxy) is 2. The molecular formula is C19H20FNO5S. The Hall–Kier alpha value is -2.61. The molecule has 1 aliphatic carbocycles. The van der Waals surface area contributed by atoms with Crippen molar-refractivity contribution in [1.29, 1.82) is 0 Å². The van der Waals surface area contributed by atoms with Gasteiger partial charge in [0.05, 0.1) is 31.1 Å². The smallest absolute Gasteiger partial charge is 0.307 e. The fraction of sp³-hybridized carbons (Fsp3) is 0.368. The van der Waals surface area contributed by atoms with Crippen LogP contribution in [0.1, 0.15) is 36.4 Å². The Balaban J connectivity index is 2.03. The number of aliphatic carboxylic acids is 1. The molecule has 0 bridgehead atoms. The molecule has 0 saturated heterocycles. The maximum atomic E-state index is 14.9. The molecule has 3 rings (SSSR count). The third-order valence-corrected chi connectivity index (χ3v) is 5.58. The highest BCUT2D eigenvalue weighted by Crippen LogP contribution is 2.44. The van der Waals surface area contributed by atoms with Crippen molar-refractivity contribution in [2.45, 2.75) is 32.7 Å². The first-order valence-corrected chi connectivity index (χ1v) is 9.32. The van der Waals surface area contributed by atoms with Crippen molar-refractivity contribution in [3.05, 3.63) is 51.5 Å². The number of thiophene rings is 1. The van der Waals surface area contributed by atoms with Crippen LogP contribution in [0.5, 0.6) is 5.06 Å². The van der Waals surface area contributed by atoms with E-state index in [1.54, 1.807) is 25.1 Å². The molecule has 1 unspecified atom stereocenters. The van der Waals surface area contributed by atoms with Gasteiger partial charge in [0, 0.05) is 11.3 Å². The first kappa shape index (κ1) is 19.2. The Bertz CT molecular complexity index is 882. The number of carboxylic acids is 1. The zero-order valence-corrected chi connectivity index (χ0v) is 16.1. The molecule has 27 heavy (non-hydrogen) atoms. The summed E-state index contributed by atoms with van der Waals surface area (Å²) >= 11 is 1.21. The Morgan fingerprint density at radius 1 is 1.41 bits per heavy atom. The fourth-order valence-electron chi connectivity index (χ4n) is 3.46. The van der Waals surface area contributed by atoms with Crippen molar-refractivity contribution in [2.24, 2.45) is 0 Å². The van der Waals surface area contributed by atoms with Gasteiger partial charge in [0.2, 0.25) is 0 Å². The number of methoxy groups -OCH3 is 1. The van der Waals surface area contributed by atoms with Crippen LogP contribution < -0.4 is 4.74 Å². The largest absolute Gasteiger partial charge is 0.494 e. The van der Waals surface area contributed by atoms with Gasteiger partial charge in [-0.05, 0) is 44.1 Å². The highest BCUT2D eigenvalue weighted by molar-refractivity contribution is 7.15. The van der Waals surface area contributed by atoms with Crippen LogP contribution in [0.2, 0.25) is 0 Å². The second kappa shape index (κ2) is 7.56. The van der Waals surface area contributed by atoms with Crippen LogP contribution >= 0.6 is 11.3 Å². The second-order valence-electron chi connectivity index (χ2n) is 6.11. The number of amides is 1. The van der Waals surface area contributed by atoms with Crippen LogP contribution in [-0.4, -0.2) is 41.6 Å². The van der Waals surface area contributed by atoms with E-state index in [1.807, 2.05) is 6.92 Å². The van der Waals surface area contributed by atoms with E-state index < -0.39 is 17.8 Å². The van der Waals surface area contributed by atoms with Crippen LogP contribution in [0.15, 0.2) is 46.6 Å². The summed E-state index contributed by atoms with van der Waals surface area (Å²) < 4.78 is 25.4. The van der Waals surface area contributed by atoms with Crippen LogP contribution in [0.4, 0.5) is 4.39 Å². The molecule has 0 fully saturated rings. The van der Waals surface area contributed by atoms with Gasteiger partial charge in [0.15, 0.2) is 16.6 Å². The molecule has 1 aliphatic heterocycles. The number of carbonyl (C=O) groups is 2. The minimum absolute atomic E-state index is 0.0704. The number of halogens is 1. The van der Waals surface area contributed by atoms with Crippen LogP contribution in [0.3, 0.4) is 0 Å². The molecule has 1 aromatic heterocycles. The minimum Gasteiger partial charge on any atom is -0.494 e. The highest BCUT2D eigenvalue weighted by atomic mass is 32.1. The fourth-order valence-corrected chi connectivity index (χ4v) is 4.31. The van der Waals surface area contributed by atoms with Crippen LogP contribution in [0, 0.1) is 0 Å². The summed E-state index contributed by atoms with van der Waals surface area (Å²) in [5.74, 6) is -1.92. The Morgan fingerprint density at radius 3 is 2.78 bits per heavy atom. The van der Waals surface area contributed by atoms with Crippen molar-refractivity contribution in [3.63, 3.8) is 0 Å². The molecule has 6 nitrogen and oxygen atoms in total. The third-order valence-electron chi connectivity index (χ3n) is 4.59. The van der Waals surface area contributed by atoms with Crippen molar-refractivity contribution in [1.82, 2.24) is 4.90 Å². The van der Waals surface area contributed by atoms with Gasteiger partial charge in [-0.3, -0.25) is 9.59 Å². The molecular weight excluding hydrogens is 373 g/mol. The molecule has 0 radical (unpaired) electrons. The van der Waals surface area contributed by atoms with E-state index in [4.69, 9.17) is 9.47 Å². The van der Waals surface area contributed by atoms with Gasteiger partial charge in [0.25, 0.3) is 5.91 Å². The van der Waals surface area contributed by atoms with Gasteiger partial charge in [-0.2, -0.15) is 0 Å². The molecule has 1 atom stereocenters. The van der Waals surface area contributed by atoms with Crippen LogP contribution in [0.25, 0.3) is 0 Å². The van der Waals surface area contributed by atoms with Crippen molar-refractivity contribution in [3.8, 4) is 5.06 Å². The number of rotatable bonds is 6. The molecule has 144 valence electrons. The van der Waals surface area contributed by atoms with E-state index in [0.717, 1.165) is 0 Å². The monoisotopic (exact) mass is 393 g/mol. The average Bonchev–Trinajstić information content (AvgIpc) is 3.19. The van der Waals surface area contributed by atoms with E-state index in [2.05, 4.69) is 0 Å². The molecule has 0 saturated carbocycles. The van der Waals surface area contributed by atoms with Crippen molar-refractivity contribution in [2.75, 3.05) is 13.7 Å². The zero-order chi connectivity index (χ0) is 19.7. The number of hydrogen-bond donors (Lipinski definition) is 1. The predicted octanol–water partition coefficient (Wildman–Crippen LogP) is 3.88. The Labute approximate surface area is 160 Å². The Morgan fingerprint density at radius 2 is 2.15 bits per heavy atom. The number of allylic oxidation sites excluding steroid dienone is 2. The highest BCUT2D eigenvalue weighted by Gasteiger charge is 2.43. The van der Waals surface area contributed by atoms with Gasteiger partial charge >= 0.3 is 5.97 Å². The summed E-state index contributed by atoms with van der Waals surface area (Å²) in [7, 11) is 1.36. The molecule has 8 heteroatoms. The lowest BCUT2D eigenvalue weighted by Crippen LogP contribution is -2.36. The molecule has 2 heterocycles. The number of fused-ring (bicyclic) bond motifs is 1. The second-order valence-corrected chi connectivity index (χ2v) is 7.16. The maximum absolute atomic E-state index is 14.9. The summed E-state index contributed by atoms with van der Waals surface area (Å²) in [6.45, 7) is 4.00. The predicted molar refractivity (Wildman–Crippen MR) is 98.2 cm³/mol. The van der Waals surface area contributed by atoms with Crippen LogP contribution in [-0.2, 0) is 9.53 Å². The number of nitrogens with zero attached hydrogens (tertiary/aromatic N) is 1. The van der Waals surface area contributed by atoms with E-state index in [1.165, 1.54) is 23.3 Å². The molecule has 2 aliphatic rings. The van der Waals surface area contributed by atoms with Gasteiger partial charge in [0.1, 0.15) is 0 Å². The maximum Gasteiger partial charge on any atom is 0.307 e. The topological polar surface area (TPSA) is 76.1 Å². The van der Waals surface area contributed by atoms with Gasteiger partial charge < -0.3 is 19.5 Å². The minimum atomic E-state index is -1.08. The number of carboxylic acid groups (broad SMARTS) is 1. The zero-order valence-electron chi connectivity index (χ0n) is 15.2. The molecule has 0 aromatic carbocycles. The van der Waals surface area contributed by atoms with Gasteiger partial charge in [-0.1, -0.05) is 11.3 Å².